The van der Waals surface area contributed by atoms with E-state index in [9.17, 15) is 14.3 Å². The SMILES string of the molecule is O=C(N[C@@H]1CN(Cc2cc(Cl)ccc2F)C[C@H]1CO)C1CCC1. The summed E-state index contributed by atoms with van der Waals surface area (Å²) >= 11 is 5.93. The number of likely N-dealkylation sites (tertiary alicyclic amines) is 1. The fourth-order valence-electron chi connectivity index (χ4n) is 3.31. The molecule has 1 heterocycles. The first kappa shape index (κ1) is 16.7. The highest BCUT2D eigenvalue weighted by Gasteiger charge is 2.35. The molecular weight excluding hydrogens is 319 g/mol. The number of carbonyl (C=O) groups excluding carboxylic acids is 1. The Hall–Kier alpha value is -1.17. The molecule has 1 aliphatic carbocycles. The Kier molecular flexibility index (Phi) is 5.19. The van der Waals surface area contributed by atoms with Crippen LogP contribution in [0.5, 0.6) is 0 Å². The molecule has 2 atom stereocenters. The zero-order valence-electron chi connectivity index (χ0n) is 13.0. The third kappa shape index (κ3) is 3.84. The average Bonchev–Trinajstić information content (AvgIpc) is 2.82. The van der Waals surface area contributed by atoms with E-state index in [-0.39, 0.29) is 36.2 Å². The van der Waals surface area contributed by atoms with Crippen molar-refractivity contribution in [2.75, 3.05) is 19.7 Å². The molecular formula is C17H22ClFN2O2. The van der Waals surface area contributed by atoms with Crippen molar-refractivity contribution in [2.24, 2.45) is 11.8 Å². The van der Waals surface area contributed by atoms with Crippen LogP contribution in [-0.4, -0.2) is 41.7 Å². The standard InChI is InChI=1S/C17H22ClFN2O2/c18-14-4-5-15(19)12(6-14)7-21-8-13(10-22)16(9-21)20-17(23)11-2-1-3-11/h4-6,11,13,16,22H,1-3,7-10H2,(H,20,23)/t13-,16+/m0/s1. The van der Waals surface area contributed by atoms with E-state index < -0.39 is 0 Å². The second kappa shape index (κ2) is 7.16. The van der Waals surface area contributed by atoms with Crippen LogP contribution in [0.1, 0.15) is 24.8 Å². The molecule has 2 fully saturated rings. The van der Waals surface area contributed by atoms with E-state index >= 15 is 0 Å². The van der Waals surface area contributed by atoms with E-state index in [2.05, 4.69) is 10.2 Å². The van der Waals surface area contributed by atoms with Gasteiger partial charge in [0.05, 0.1) is 0 Å². The summed E-state index contributed by atoms with van der Waals surface area (Å²) in [5, 5.41) is 13.1. The molecule has 1 amide bonds. The molecule has 6 heteroatoms. The molecule has 0 unspecified atom stereocenters. The summed E-state index contributed by atoms with van der Waals surface area (Å²) in [6.45, 7) is 1.70. The van der Waals surface area contributed by atoms with Gasteiger partial charge in [-0.25, -0.2) is 4.39 Å². The summed E-state index contributed by atoms with van der Waals surface area (Å²) in [4.78, 5) is 14.2. The zero-order valence-corrected chi connectivity index (χ0v) is 13.7. The third-order valence-corrected chi connectivity index (χ3v) is 5.19. The molecule has 0 bridgehead atoms. The average molecular weight is 341 g/mol. The molecule has 1 aromatic carbocycles. The molecule has 2 aliphatic rings. The number of carbonyl (C=O) groups is 1. The number of nitrogens with one attached hydrogen (secondary N) is 1. The monoisotopic (exact) mass is 340 g/mol. The van der Waals surface area contributed by atoms with Crippen molar-refractivity contribution in [1.82, 2.24) is 10.2 Å². The number of rotatable bonds is 5. The largest absolute Gasteiger partial charge is 0.396 e. The van der Waals surface area contributed by atoms with Crippen molar-refractivity contribution in [2.45, 2.75) is 31.8 Å². The van der Waals surface area contributed by atoms with E-state index in [1.807, 2.05) is 0 Å². The molecule has 126 valence electrons. The van der Waals surface area contributed by atoms with Crippen LogP contribution in [0, 0.1) is 17.7 Å². The first-order valence-electron chi connectivity index (χ1n) is 8.14. The van der Waals surface area contributed by atoms with Crippen LogP contribution < -0.4 is 5.32 Å². The van der Waals surface area contributed by atoms with Gasteiger partial charge in [0.2, 0.25) is 5.91 Å². The van der Waals surface area contributed by atoms with Crippen molar-refractivity contribution < 1.29 is 14.3 Å². The molecule has 0 spiro atoms. The Morgan fingerprint density at radius 1 is 1.39 bits per heavy atom. The van der Waals surface area contributed by atoms with E-state index in [0.717, 1.165) is 19.3 Å². The summed E-state index contributed by atoms with van der Waals surface area (Å²) in [7, 11) is 0. The normalized spacial score (nSPS) is 25.3. The van der Waals surface area contributed by atoms with Crippen molar-refractivity contribution in [1.29, 1.82) is 0 Å². The highest BCUT2D eigenvalue weighted by atomic mass is 35.5. The van der Waals surface area contributed by atoms with Crippen LogP contribution in [-0.2, 0) is 11.3 Å². The molecule has 1 aromatic rings. The Morgan fingerprint density at radius 3 is 2.83 bits per heavy atom. The molecule has 3 rings (SSSR count). The van der Waals surface area contributed by atoms with Crippen molar-refractivity contribution >= 4 is 17.5 Å². The summed E-state index contributed by atoms with van der Waals surface area (Å²) in [5.74, 6) is -0.0672. The van der Waals surface area contributed by atoms with Gasteiger partial charge in [0.15, 0.2) is 0 Å². The number of hydrogen-bond acceptors (Lipinski definition) is 3. The van der Waals surface area contributed by atoms with Crippen LogP contribution in [0.3, 0.4) is 0 Å². The minimum absolute atomic E-state index is 0.0127. The third-order valence-electron chi connectivity index (χ3n) is 4.96. The maximum Gasteiger partial charge on any atom is 0.223 e. The van der Waals surface area contributed by atoms with Gasteiger partial charge < -0.3 is 10.4 Å². The van der Waals surface area contributed by atoms with Crippen LogP contribution in [0.4, 0.5) is 4.39 Å². The van der Waals surface area contributed by atoms with Gasteiger partial charge in [-0.3, -0.25) is 9.69 Å². The predicted molar refractivity (Wildman–Crippen MR) is 86.5 cm³/mol. The van der Waals surface area contributed by atoms with Crippen LogP contribution >= 0.6 is 11.6 Å². The van der Waals surface area contributed by atoms with Crippen molar-refractivity contribution in [3.63, 3.8) is 0 Å². The second-order valence-electron chi connectivity index (χ2n) is 6.62. The Bertz CT molecular complexity index is 580. The van der Waals surface area contributed by atoms with E-state index in [0.29, 0.717) is 30.2 Å². The number of amides is 1. The van der Waals surface area contributed by atoms with Gasteiger partial charge in [0.25, 0.3) is 0 Å². The van der Waals surface area contributed by atoms with Gasteiger partial charge in [-0.2, -0.15) is 0 Å². The Morgan fingerprint density at radius 2 is 2.17 bits per heavy atom. The van der Waals surface area contributed by atoms with Gasteiger partial charge in [-0.05, 0) is 31.0 Å². The highest BCUT2D eigenvalue weighted by Crippen LogP contribution is 2.28. The number of aliphatic hydroxyl groups excluding tert-OH is 1. The van der Waals surface area contributed by atoms with Gasteiger partial charge >= 0.3 is 0 Å². The van der Waals surface area contributed by atoms with Gasteiger partial charge in [-0.1, -0.05) is 18.0 Å². The minimum Gasteiger partial charge on any atom is -0.396 e. The van der Waals surface area contributed by atoms with Crippen LogP contribution in [0.2, 0.25) is 5.02 Å². The van der Waals surface area contributed by atoms with Gasteiger partial charge in [-0.15, -0.1) is 0 Å². The quantitative estimate of drug-likeness (QED) is 0.864. The van der Waals surface area contributed by atoms with E-state index in [1.54, 1.807) is 6.07 Å². The second-order valence-corrected chi connectivity index (χ2v) is 7.05. The van der Waals surface area contributed by atoms with E-state index in [4.69, 9.17) is 11.6 Å². The molecule has 1 saturated carbocycles. The lowest BCUT2D eigenvalue weighted by molar-refractivity contribution is -0.128. The molecule has 0 aromatic heterocycles. The highest BCUT2D eigenvalue weighted by molar-refractivity contribution is 6.30. The zero-order chi connectivity index (χ0) is 16.4. The predicted octanol–water partition coefficient (Wildman–Crippen LogP) is 2.19. The van der Waals surface area contributed by atoms with Gasteiger partial charge in [0.1, 0.15) is 5.82 Å². The molecule has 2 N–H and O–H groups in total. The summed E-state index contributed by atoms with van der Waals surface area (Å²) in [6.07, 6.45) is 3.03. The number of aliphatic hydroxyl groups is 1. The lowest BCUT2D eigenvalue weighted by Gasteiger charge is -2.27. The fraction of sp³-hybridized carbons (Fsp3) is 0.588. The number of hydrogen-bond donors (Lipinski definition) is 2. The minimum atomic E-state index is -0.281. The molecule has 0 radical (unpaired) electrons. The lowest BCUT2D eigenvalue weighted by Crippen LogP contribution is -2.45. The molecule has 23 heavy (non-hydrogen) atoms. The van der Waals surface area contributed by atoms with Crippen molar-refractivity contribution in [3.8, 4) is 0 Å². The first-order valence-corrected chi connectivity index (χ1v) is 8.52. The maximum absolute atomic E-state index is 13.9. The molecule has 1 aliphatic heterocycles. The number of nitrogens with zero attached hydrogens (tertiary/aromatic N) is 1. The number of halogens is 2. The first-order chi connectivity index (χ1) is 11.1. The van der Waals surface area contributed by atoms with Gasteiger partial charge in [0, 0.05) is 54.7 Å². The topological polar surface area (TPSA) is 52.6 Å². The summed E-state index contributed by atoms with van der Waals surface area (Å²) in [5.41, 5.74) is 0.542. The smallest absolute Gasteiger partial charge is 0.223 e. The Balaban J connectivity index is 1.61. The van der Waals surface area contributed by atoms with Crippen LogP contribution in [0.15, 0.2) is 18.2 Å². The molecule has 4 nitrogen and oxygen atoms in total. The maximum atomic E-state index is 13.9. The lowest BCUT2D eigenvalue weighted by atomic mass is 9.84. The summed E-state index contributed by atoms with van der Waals surface area (Å²) < 4.78 is 13.9. The van der Waals surface area contributed by atoms with E-state index in [1.165, 1.54) is 12.1 Å². The Labute approximate surface area is 140 Å². The fourth-order valence-corrected chi connectivity index (χ4v) is 3.51. The van der Waals surface area contributed by atoms with Crippen molar-refractivity contribution in [3.05, 3.63) is 34.6 Å². The molecule has 1 saturated heterocycles. The number of benzene rings is 1. The summed E-state index contributed by atoms with van der Waals surface area (Å²) in [6, 6.07) is 4.45. The van der Waals surface area contributed by atoms with Crippen LogP contribution in [0.25, 0.3) is 0 Å².